The van der Waals surface area contributed by atoms with Gasteiger partial charge in [0.25, 0.3) is 10.1 Å². The second-order valence-corrected chi connectivity index (χ2v) is 7.78. The van der Waals surface area contributed by atoms with Gasteiger partial charge in [0.1, 0.15) is 11.3 Å². The number of hydrogen-bond donors (Lipinski definition) is 2. The van der Waals surface area contributed by atoms with Gasteiger partial charge < -0.3 is 9.32 Å². The summed E-state index contributed by atoms with van der Waals surface area (Å²) in [6.07, 6.45) is 0. The van der Waals surface area contributed by atoms with Crippen LogP contribution in [-0.4, -0.2) is 40.0 Å². The van der Waals surface area contributed by atoms with Crippen molar-refractivity contribution < 1.29 is 30.4 Å². The van der Waals surface area contributed by atoms with Crippen LogP contribution in [0.5, 0.6) is 0 Å². The van der Waals surface area contributed by atoms with Gasteiger partial charge in [-0.15, -0.1) is 0 Å². The maximum absolute atomic E-state index is 11.9. The third-order valence-electron chi connectivity index (χ3n) is 3.05. The lowest BCUT2D eigenvalue weighted by atomic mass is 10.1. The minimum atomic E-state index is -5.05. The van der Waals surface area contributed by atoms with E-state index in [9.17, 15) is 26.2 Å². The lowest BCUT2D eigenvalue weighted by Crippen LogP contribution is -2.19. The number of nitrogens with zero attached hydrogens (tertiary/aromatic N) is 1. The highest BCUT2D eigenvalue weighted by Gasteiger charge is 2.27. The third kappa shape index (κ3) is 3.69. The number of anilines is 1. The molecule has 0 saturated heterocycles. The van der Waals surface area contributed by atoms with Crippen molar-refractivity contribution in [2.75, 3.05) is 19.0 Å². The molecule has 126 valence electrons. The summed E-state index contributed by atoms with van der Waals surface area (Å²) < 4.78 is 68.1. The Bertz CT molecular complexity index is 1030. The highest BCUT2D eigenvalue weighted by molar-refractivity contribution is 7.86. The molecule has 0 aliphatic carbocycles. The maximum Gasteiger partial charge on any atom is 0.358 e. The molecule has 0 spiro atoms. The minimum Gasteiger partial charge on any atom is -0.422 e. The standard InChI is InChI=1S/C12H13NO8S2/c1-13(2)7-3-4-8-9(6-22(15,16)17)11(23(18,19)20)12(14)21-10(8)5-7/h3-5H,6H2,1-2H3,(H,15,16,17)(H,18,19,20). The number of fused-ring (bicyclic) bond motifs is 1. The molecule has 0 unspecified atom stereocenters. The summed E-state index contributed by atoms with van der Waals surface area (Å²) in [5.74, 6) is -1.16. The van der Waals surface area contributed by atoms with Gasteiger partial charge in [-0.25, -0.2) is 4.79 Å². The van der Waals surface area contributed by atoms with E-state index in [4.69, 9.17) is 8.97 Å². The summed E-state index contributed by atoms with van der Waals surface area (Å²) in [5, 5.41) is -0.0274. The summed E-state index contributed by atoms with van der Waals surface area (Å²) in [6, 6.07) is 4.27. The first-order chi connectivity index (χ1) is 10.4. The molecule has 0 radical (unpaired) electrons. The monoisotopic (exact) mass is 363 g/mol. The van der Waals surface area contributed by atoms with Crippen molar-refractivity contribution in [1.29, 1.82) is 0 Å². The fraction of sp³-hybridized carbons (Fsp3) is 0.250. The van der Waals surface area contributed by atoms with Crippen LogP contribution in [0.15, 0.2) is 32.3 Å². The second kappa shape index (κ2) is 5.60. The van der Waals surface area contributed by atoms with Gasteiger partial charge in [-0.2, -0.15) is 16.8 Å². The van der Waals surface area contributed by atoms with Gasteiger partial charge in [0.15, 0.2) is 4.90 Å². The number of hydrogen-bond acceptors (Lipinski definition) is 7. The minimum absolute atomic E-state index is 0.0274. The molecule has 1 aromatic heterocycles. The van der Waals surface area contributed by atoms with Gasteiger partial charge in [-0.05, 0) is 12.1 Å². The molecule has 2 aromatic rings. The fourth-order valence-corrected chi connectivity index (χ4v) is 3.60. The Labute approximate surface area is 131 Å². The molecular weight excluding hydrogens is 350 g/mol. The Balaban J connectivity index is 2.97. The number of benzene rings is 1. The average molecular weight is 363 g/mol. The second-order valence-electron chi connectivity index (χ2n) is 4.97. The summed E-state index contributed by atoms with van der Waals surface area (Å²) in [6.45, 7) is 0. The van der Waals surface area contributed by atoms with Gasteiger partial charge >= 0.3 is 15.7 Å². The molecule has 0 aliphatic rings. The maximum atomic E-state index is 11.9. The molecule has 1 aromatic carbocycles. The van der Waals surface area contributed by atoms with Crippen molar-refractivity contribution in [3.8, 4) is 0 Å². The zero-order chi connectivity index (χ0) is 17.6. The van der Waals surface area contributed by atoms with Crippen LogP contribution in [0.3, 0.4) is 0 Å². The zero-order valence-corrected chi connectivity index (χ0v) is 13.7. The van der Waals surface area contributed by atoms with Crippen molar-refractivity contribution in [1.82, 2.24) is 0 Å². The van der Waals surface area contributed by atoms with Crippen molar-refractivity contribution in [3.05, 3.63) is 34.2 Å². The molecule has 23 heavy (non-hydrogen) atoms. The highest BCUT2D eigenvalue weighted by atomic mass is 32.2. The van der Waals surface area contributed by atoms with Crippen molar-refractivity contribution in [2.24, 2.45) is 0 Å². The van der Waals surface area contributed by atoms with Gasteiger partial charge in [0.2, 0.25) is 0 Å². The van der Waals surface area contributed by atoms with E-state index >= 15 is 0 Å². The van der Waals surface area contributed by atoms with Crippen LogP contribution in [0.4, 0.5) is 5.69 Å². The van der Waals surface area contributed by atoms with Crippen molar-refractivity contribution in [2.45, 2.75) is 10.6 Å². The molecule has 1 heterocycles. The van der Waals surface area contributed by atoms with Crippen LogP contribution in [0, 0.1) is 0 Å². The van der Waals surface area contributed by atoms with E-state index < -0.39 is 42.1 Å². The average Bonchev–Trinajstić information content (AvgIpc) is 2.34. The van der Waals surface area contributed by atoms with E-state index in [1.54, 1.807) is 19.0 Å². The Morgan fingerprint density at radius 3 is 2.22 bits per heavy atom. The summed E-state index contributed by atoms with van der Waals surface area (Å²) in [4.78, 5) is 12.3. The SMILES string of the molecule is CN(C)c1ccc2c(CS(=O)(=O)O)c(S(=O)(=O)O)c(=O)oc2c1. The van der Waals surface area contributed by atoms with Crippen LogP contribution in [0.2, 0.25) is 0 Å². The van der Waals surface area contributed by atoms with Gasteiger partial charge in [0.05, 0.1) is 0 Å². The molecule has 0 atom stereocenters. The first-order valence-corrected chi connectivity index (χ1v) is 9.15. The van der Waals surface area contributed by atoms with Crippen molar-refractivity contribution >= 4 is 36.9 Å². The van der Waals surface area contributed by atoms with Crippen LogP contribution in [0.1, 0.15) is 5.56 Å². The van der Waals surface area contributed by atoms with Crippen LogP contribution >= 0.6 is 0 Å². The molecule has 11 heteroatoms. The Morgan fingerprint density at radius 1 is 1.13 bits per heavy atom. The van der Waals surface area contributed by atoms with Crippen LogP contribution in [0.25, 0.3) is 11.0 Å². The summed E-state index contributed by atoms with van der Waals surface area (Å²) in [5.41, 5.74) is -1.44. The Hall–Kier alpha value is -1.95. The predicted molar refractivity (Wildman–Crippen MR) is 81.9 cm³/mol. The quantitative estimate of drug-likeness (QED) is 0.586. The smallest absolute Gasteiger partial charge is 0.358 e. The van der Waals surface area contributed by atoms with Gasteiger partial charge in [-0.3, -0.25) is 9.11 Å². The molecular formula is C12H13NO8S2. The summed E-state index contributed by atoms with van der Waals surface area (Å²) >= 11 is 0. The van der Waals surface area contributed by atoms with Gasteiger partial charge in [-0.1, -0.05) is 0 Å². The topological polar surface area (TPSA) is 142 Å². The molecule has 0 aliphatic heterocycles. The van der Waals surface area contributed by atoms with Crippen LogP contribution < -0.4 is 10.5 Å². The van der Waals surface area contributed by atoms with E-state index in [1.165, 1.54) is 18.2 Å². The molecule has 0 saturated carbocycles. The Kier molecular flexibility index (Phi) is 4.24. The summed E-state index contributed by atoms with van der Waals surface area (Å²) in [7, 11) is -6.28. The lowest BCUT2D eigenvalue weighted by Gasteiger charge is -2.14. The zero-order valence-electron chi connectivity index (χ0n) is 12.0. The normalized spacial score (nSPS) is 12.5. The highest BCUT2D eigenvalue weighted by Crippen LogP contribution is 2.27. The molecule has 0 fully saturated rings. The molecule has 2 N–H and O–H groups in total. The van der Waals surface area contributed by atoms with E-state index in [0.717, 1.165) is 0 Å². The molecule has 0 bridgehead atoms. The lowest BCUT2D eigenvalue weighted by molar-refractivity contribution is 0.467. The van der Waals surface area contributed by atoms with Gasteiger partial charge in [0, 0.05) is 36.8 Å². The fourth-order valence-electron chi connectivity index (χ4n) is 2.10. The van der Waals surface area contributed by atoms with E-state index in [1.807, 2.05) is 0 Å². The largest absolute Gasteiger partial charge is 0.422 e. The first-order valence-electron chi connectivity index (χ1n) is 6.10. The van der Waals surface area contributed by atoms with Crippen LogP contribution in [-0.2, 0) is 26.0 Å². The third-order valence-corrected chi connectivity index (χ3v) is 4.64. The number of rotatable bonds is 4. The predicted octanol–water partition coefficient (Wildman–Crippen LogP) is 0.493. The Morgan fingerprint density at radius 2 is 1.74 bits per heavy atom. The molecule has 0 amide bonds. The molecule has 9 nitrogen and oxygen atoms in total. The first kappa shape index (κ1) is 17.4. The van der Waals surface area contributed by atoms with Crippen molar-refractivity contribution in [3.63, 3.8) is 0 Å². The molecule has 2 rings (SSSR count). The van der Waals surface area contributed by atoms with E-state index in [0.29, 0.717) is 5.69 Å². The van der Waals surface area contributed by atoms with E-state index in [-0.39, 0.29) is 11.0 Å². The van der Waals surface area contributed by atoms with E-state index in [2.05, 4.69) is 0 Å².